The Balaban J connectivity index is 2.43. The molecule has 3 heteroatoms. The van der Waals surface area contributed by atoms with Gasteiger partial charge in [0.15, 0.2) is 0 Å². The molecule has 1 rings (SSSR count). The number of benzene rings is 1. The van der Waals surface area contributed by atoms with Gasteiger partial charge in [-0.05, 0) is 43.5 Å². The zero-order chi connectivity index (χ0) is 12.7. The second-order valence-corrected chi connectivity index (χ2v) is 4.90. The molecule has 2 N–H and O–H groups in total. The Labute approximate surface area is 109 Å². The van der Waals surface area contributed by atoms with E-state index in [4.69, 9.17) is 16.7 Å². The third-order valence-corrected chi connectivity index (χ3v) is 3.45. The molecule has 0 radical (unpaired) electrons. The summed E-state index contributed by atoms with van der Waals surface area (Å²) >= 11 is 5.86. The lowest BCUT2D eigenvalue weighted by molar-refractivity contribution is 0.249. The Hall–Kier alpha value is -0.570. The van der Waals surface area contributed by atoms with Gasteiger partial charge in [0.25, 0.3) is 0 Å². The second-order valence-electron chi connectivity index (χ2n) is 4.47. The lowest BCUT2D eigenvalue weighted by atomic mass is 10.0. The Morgan fingerprint density at radius 3 is 2.47 bits per heavy atom. The van der Waals surface area contributed by atoms with Crippen LogP contribution in [0.4, 0.5) is 0 Å². The van der Waals surface area contributed by atoms with Crippen molar-refractivity contribution in [2.24, 2.45) is 5.92 Å². The maximum absolute atomic E-state index is 8.94. The van der Waals surface area contributed by atoms with Gasteiger partial charge < -0.3 is 10.4 Å². The van der Waals surface area contributed by atoms with Gasteiger partial charge in [-0.1, -0.05) is 37.1 Å². The summed E-state index contributed by atoms with van der Waals surface area (Å²) in [6.07, 6.45) is 1.97. The van der Waals surface area contributed by atoms with Gasteiger partial charge in [-0.2, -0.15) is 0 Å². The molecule has 0 aromatic heterocycles. The molecule has 1 aromatic carbocycles. The van der Waals surface area contributed by atoms with Gasteiger partial charge >= 0.3 is 0 Å². The molecule has 0 fully saturated rings. The molecule has 0 saturated heterocycles. The summed E-state index contributed by atoms with van der Waals surface area (Å²) in [5.74, 6) is 0.551. The molecule has 2 nitrogen and oxygen atoms in total. The van der Waals surface area contributed by atoms with E-state index in [1.54, 1.807) is 0 Å². The van der Waals surface area contributed by atoms with Crippen molar-refractivity contribution in [2.75, 3.05) is 13.2 Å². The van der Waals surface area contributed by atoms with Gasteiger partial charge in [0.2, 0.25) is 0 Å². The van der Waals surface area contributed by atoms with Crippen LogP contribution in [0.25, 0.3) is 0 Å². The van der Waals surface area contributed by atoms with Crippen LogP contribution in [0.5, 0.6) is 0 Å². The monoisotopic (exact) mass is 255 g/mol. The highest BCUT2D eigenvalue weighted by Gasteiger charge is 2.09. The van der Waals surface area contributed by atoms with Crippen LogP contribution < -0.4 is 5.32 Å². The normalized spacial score (nSPS) is 14.6. The fraction of sp³-hybridized carbons (Fsp3) is 0.571. The number of aliphatic hydroxyl groups is 1. The van der Waals surface area contributed by atoms with Crippen LogP contribution in [0.3, 0.4) is 0 Å². The molecule has 2 unspecified atom stereocenters. The number of hydrogen-bond donors (Lipinski definition) is 2. The number of hydrogen-bond acceptors (Lipinski definition) is 2. The van der Waals surface area contributed by atoms with Crippen LogP contribution >= 0.6 is 11.6 Å². The molecule has 96 valence electrons. The fourth-order valence-corrected chi connectivity index (χ4v) is 1.97. The molecule has 17 heavy (non-hydrogen) atoms. The molecule has 0 aliphatic carbocycles. The predicted octanol–water partition coefficient (Wildman–Crippen LogP) is 3.40. The number of aliphatic hydroxyl groups excluding tert-OH is 1. The van der Waals surface area contributed by atoms with Crippen LogP contribution in [-0.4, -0.2) is 18.3 Å². The van der Waals surface area contributed by atoms with Gasteiger partial charge in [-0.25, -0.2) is 0 Å². The van der Waals surface area contributed by atoms with E-state index in [-0.39, 0.29) is 6.61 Å². The minimum absolute atomic E-state index is 0.273. The summed E-state index contributed by atoms with van der Waals surface area (Å²) in [5, 5.41) is 13.2. The molecular formula is C14H22ClNO. The van der Waals surface area contributed by atoms with Crippen LogP contribution in [0.15, 0.2) is 24.3 Å². The molecule has 0 amide bonds. The van der Waals surface area contributed by atoms with E-state index < -0.39 is 0 Å². The van der Waals surface area contributed by atoms with Gasteiger partial charge in [-0.3, -0.25) is 0 Å². The average Bonchev–Trinajstić information content (AvgIpc) is 2.35. The lowest BCUT2D eigenvalue weighted by Gasteiger charge is -2.19. The third-order valence-electron chi connectivity index (χ3n) is 3.20. The van der Waals surface area contributed by atoms with E-state index in [2.05, 4.69) is 19.2 Å². The van der Waals surface area contributed by atoms with Crippen molar-refractivity contribution in [3.05, 3.63) is 34.9 Å². The van der Waals surface area contributed by atoms with E-state index in [9.17, 15) is 0 Å². The summed E-state index contributed by atoms with van der Waals surface area (Å²) in [4.78, 5) is 0. The van der Waals surface area contributed by atoms with Crippen molar-refractivity contribution >= 4 is 11.6 Å². The predicted molar refractivity (Wildman–Crippen MR) is 73.4 cm³/mol. The number of nitrogens with one attached hydrogen (secondary N) is 1. The minimum atomic E-state index is 0.273. The van der Waals surface area contributed by atoms with Crippen molar-refractivity contribution in [3.8, 4) is 0 Å². The van der Waals surface area contributed by atoms with Gasteiger partial charge in [-0.15, -0.1) is 0 Å². The molecule has 2 atom stereocenters. The first-order valence-corrected chi connectivity index (χ1v) is 6.64. The summed E-state index contributed by atoms with van der Waals surface area (Å²) in [6, 6.07) is 8.25. The summed E-state index contributed by atoms with van der Waals surface area (Å²) in [6.45, 7) is 5.53. The van der Waals surface area contributed by atoms with Crippen molar-refractivity contribution in [1.29, 1.82) is 0 Å². The highest BCUT2D eigenvalue weighted by atomic mass is 35.5. The molecule has 0 saturated carbocycles. The summed E-state index contributed by atoms with van der Waals surface area (Å²) in [5.41, 5.74) is 1.24. The van der Waals surface area contributed by atoms with Crippen LogP contribution in [0.1, 0.15) is 38.3 Å². The molecule has 0 heterocycles. The van der Waals surface area contributed by atoms with Crippen molar-refractivity contribution < 1.29 is 5.11 Å². The van der Waals surface area contributed by atoms with Crippen molar-refractivity contribution in [3.63, 3.8) is 0 Å². The third kappa shape index (κ3) is 5.07. The first-order chi connectivity index (χ1) is 8.17. The van der Waals surface area contributed by atoms with E-state index >= 15 is 0 Å². The van der Waals surface area contributed by atoms with E-state index in [1.165, 1.54) is 5.56 Å². The smallest absolute Gasteiger partial charge is 0.0434 e. The second kappa shape index (κ2) is 7.70. The van der Waals surface area contributed by atoms with Gasteiger partial charge in [0.05, 0.1) is 0 Å². The van der Waals surface area contributed by atoms with Crippen molar-refractivity contribution in [2.45, 2.75) is 32.7 Å². The summed E-state index contributed by atoms with van der Waals surface area (Å²) < 4.78 is 0. The molecule has 1 aromatic rings. The highest BCUT2D eigenvalue weighted by molar-refractivity contribution is 6.30. The maximum atomic E-state index is 8.94. The van der Waals surface area contributed by atoms with E-state index in [0.717, 1.165) is 24.4 Å². The SMILES string of the molecule is CCC(CCO)CNC(C)c1ccc(Cl)cc1. The Morgan fingerprint density at radius 2 is 1.94 bits per heavy atom. The number of halogens is 1. The van der Waals surface area contributed by atoms with Crippen LogP contribution in [-0.2, 0) is 0 Å². The molecule has 0 spiro atoms. The van der Waals surface area contributed by atoms with Crippen LogP contribution in [0, 0.1) is 5.92 Å². The van der Waals surface area contributed by atoms with Crippen molar-refractivity contribution in [1.82, 2.24) is 5.32 Å². The maximum Gasteiger partial charge on any atom is 0.0434 e. The van der Waals surface area contributed by atoms with Crippen LogP contribution in [0.2, 0.25) is 5.02 Å². The Kier molecular flexibility index (Phi) is 6.56. The van der Waals surface area contributed by atoms with Gasteiger partial charge in [0, 0.05) is 17.7 Å². The van der Waals surface area contributed by atoms with E-state index in [1.807, 2.05) is 24.3 Å². The van der Waals surface area contributed by atoms with E-state index in [0.29, 0.717) is 12.0 Å². The zero-order valence-corrected chi connectivity index (χ0v) is 11.4. The fourth-order valence-electron chi connectivity index (χ4n) is 1.85. The molecule has 0 bridgehead atoms. The summed E-state index contributed by atoms with van der Waals surface area (Å²) in [7, 11) is 0. The number of rotatable bonds is 7. The Bertz CT molecular complexity index is 313. The first kappa shape index (κ1) is 14.5. The quantitative estimate of drug-likeness (QED) is 0.783. The first-order valence-electron chi connectivity index (χ1n) is 6.27. The topological polar surface area (TPSA) is 32.3 Å². The largest absolute Gasteiger partial charge is 0.396 e. The Morgan fingerprint density at radius 1 is 1.29 bits per heavy atom. The molecule has 0 aliphatic heterocycles. The average molecular weight is 256 g/mol. The zero-order valence-electron chi connectivity index (χ0n) is 10.6. The molecular weight excluding hydrogens is 234 g/mol. The lowest BCUT2D eigenvalue weighted by Crippen LogP contribution is -2.26. The standard InChI is InChI=1S/C14H22ClNO/c1-3-12(8-9-17)10-16-11(2)13-4-6-14(15)7-5-13/h4-7,11-12,16-17H,3,8-10H2,1-2H3. The molecule has 0 aliphatic rings. The highest BCUT2D eigenvalue weighted by Crippen LogP contribution is 2.17. The minimum Gasteiger partial charge on any atom is -0.396 e. The van der Waals surface area contributed by atoms with Gasteiger partial charge in [0.1, 0.15) is 0 Å².